The molecule has 1 aliphatic heterocycles. The molecule has 0 saturated carbocycles. The first-order valence-electron chi connectivity index (χ1n) is 9.76. The molecular formula is C22H36N2O2S. The van der Waals surface area contributed by atoms with Gasteiger partial charge in [0.1, 0.15) is 5.75 Å². The Morgan fingerprint density at radius 3 is 2.04 bits per heavy atom. The zero-order valence-corrected chi connectivity index (χ0v) is 19.2. The van der Waals surface area contributed by atoms with E-state index in [2.05, 4.69) is 67.5 Å². The average Bonchev–Trinajstić information content (AvgIpc) is 2.86. The van der Waals surface area contributed by atoms with Crippen LogP contribution in [0, 0.1) is 0 Å². The summed E-state index contributed by atoms with van der Waals surface area (Å²) in [5.74, 6) is 1.11. The minimum absolute atomic E-state index is 0.0927. The van der Waals surface area contributed by atoms with E-state index in [9.17, 15) is 9.90 Å². The Bertz CT molecular complexity index is 666. The van der Waals surface area contributed by atoms with Gasteiger partial charge in [-0.2, -0.15) is 0 Å². The third-order valence-corrected chi connectivity index (χ3v) is 6.38. The summed E-state index contributed by atoms with van der Waals surface area (Å²) < 4.78 is 0. The lowest BCUT2D eigenvalue weighted by molar-refractivity contribution is -0.146. The Balaban J connectivity index is 2.45. The minimum atomic E-state index is -0.146. The summed E-state index contributed by atoms with van der Waals surface area (Å²) in [5, 5.41) is 15.0. The van der Waals surface area contributed by atoms with E-state index in [0.29, 0.717) is 11.5 Å². The van der Waals surface area contributed by atoms with E-state index in [1.807, 2.05) is 17.1 Å². The number of hydrogen-bond acceptors (Lipinski definition) is 4. The molecule has 1 unspecified atom stereocenters. The molecule has 0 aliphatic carbocycles. The molecule has 1 fully saturated rings. The van der Waals surface area contributed by atoms with Crippen molar-refractivity contribution in [1.82, 2.24) is 10.0 Å². The molecule has 152 valence electrons. The Kier molecular flexibility index (Phi) is 6.27. The monoisotopic (exact) mass is 392 g/mol. The quantitative estimate of drug-likeness (QED) is 0.807. The van der Waals surface area contributed by atoms with Crippen LogP contribution in [-0.4, -0.2) is 45.2 Å². The van der Waals surface area contributed by atoms with Crippen molar-refractivity contribution in [3.8, 4) is 5.75 Å². The summed E-state index contributed by atoms with van der Waals surface area (Å²) >= 11 is 1.70. The largest absolute Gasteiger partial charge is 0.507 e. The van der Waals surface area contributed by atoms with Gasteiger partial charge in [0.25, 0.3) is 0 Å². The summed E-state index contributed by atoms with van der Waals surface area (Å²) in [4.78, 5) is 12.5. The predicted molar refractivity (Wildman–Crippen MR) is 115 cm³/mol. The molecule has 1 N–H and O–H groups in total. The van der Waals surface area contributed by atoms with Crippen molar-refractivity contribution in [3.05, 3.63) is 28.8 Å². The number of phenols is 1. The molecule has 1 aromatic rings. The number of rotatable bonds is 4. The van der Waals surface area contributed by atoms with Gasteiger partial charge in [-0.15, -0.1) is 11.8 Å². The van der Waals surface area contributed by atoms with Crippen LogP contribution in [0.2, 0.25) is 0 Å². The fraction of sp³-hybridized carbons (Fsp3) is 0.682. The second-order valence-corrected chi connectivity index (χ2v) is 11.1. The third-order valence-electron chi connectivity index (χ3n) is 5.21. The topological polar surface area (TPSA) is 43.8 Å². The van der Waals surface area contributed by atoms with Crippen molar-refractivity contribution >= 4 is 17.7 Å². The first kappa shape index (κ1) is 22.1. The van der Waals surface area contributed by atoms with Crippen molar-refractivity contribution in [2.75, 3.05) is 12.8 Å². The molecule has 0 radical (unpaired) electrons. The van der Waals surface area contributed by atoms with Gasteiger partial charge >= 0.3 is 0 Å². The van der Waals surface area contributed by atoms with Crippen LogP contribution in [0.15, 0.2) is 12.1 Å². The van der Waals surface area contributed by atoms with E-state index in [1.165, 1.54) is 5.56 Å². The minimum Gasteiger partial charge on any atom is -0.507 e. The van der Waals surface area contributed by atoms with Gasteiger partial charge in [0.15, 0.2) is 0 Å². The average molecular weight is 393 g/mol. The molecule has 5 heteroatoms. The molecule has 0 spiro atoms. The first-order chi connectivity index (χ1) is 12.2. The van der Waals surface area contributed by atoms with E-state index in [0.717, 1.165) is 17.5 Å². The fourth-order valence-corrected chi connectivity index (χ4v) is 4.58. The number of nitrogens with zero attached hydrogens (tertiary/aromatic N) is 2. The Morgan fingerprint density at radius 2 is 1.63 bits per heavy atom. The number of aromatic hydroxyl groups is 1. The van der Waals surface area contributed by atoms with Gasteiger partial charge in [0.2, 0.25) is 5.91 Å². The maximum atomic E-state index is 12.5. The first-order valence-corrected chi connectivity index (χ1v) is 10.8. The highest BCUT2D eigenvalue weighted by Gasteiger charge is 2.36. The lowest BCUT2D eigenvalue weighted by Crippen LogP contribution is -2.49. The van der Waals surface area contributed by atoms with Crippen LogP contribution in [0.25, 0.3) is 0 Å². The number of hydrogen-bond donors (Lipinski definition) is 1. The van der Waals surface area contributed by atoms with Gasteiger partial charge in [-0.3, -0.25) is 9.80 Å². The van der Waals surface area contributed by atoms with Gasteiger partial charge in [0, 0.05) is 19.5 Å². The maximum Gasteiger partial charge on any atom is 0.248 e. The van der Waals surface area contributed by atoms with Gasteiger partial charge in [-0.25, -0.2) is 5.01 Å². The normalized spacial score (nSPS) is 18.9. The molecule has 4 nitrogen and oxygen atoms in total. The zero-order chi connectivity index (χ0) is 20.7. The fourth-order valence-electron chi connectivity index (χ4n) is 3.40. The molecule has 1 atom stereocenters. The van der Waals surface area contributed by atoms with Crippen LogP contribution in [-0.2, 0) is 22.0 Å². The predicted octanol–water partition coefficient (Wildman–Crippen LogP) is 4.69. The van der Waals surface area contributed by atoms with E-state index >= 15 is 0 Å². The Labute approximate surface area is 169 Å². The highest BCUT2D eigenvalue weighted by molar-refractivity contribution is 8.00. The molecule has 1 aromatic carbocycles. The highest BCUT2D eigenvalue weighted by Crippen LogP contribution is 2.41. The molecule has 1 saturated heterocycles. The molecule has 27 heavy (non-hydrogen) atoms. The number of phenolic OH excluding ortho intramolecular Hbond substituents is 1. The maximum absolute atomic E-state index is 12.5. The van der Waals surface area contributed by atoms with Crippen LogP contribution in [0.4, 0.5) is 0 Å². The van der Waals surface area contributed by atoms with Crippen molar-refractivity contribution in [3.63, 3.8) is 0 Å². The molecule has 1 aliphatic rings. The number of amides is 1. The van der Waals surface area contributed by atoms with Gasteiger partial charge in [-0.05, 0) is 41.4 Å². The number of hydrazine groups is 1. The van der Waals surface area contributed by atoms with Crippen molar-refractivity contribution in [2.24, 2.45) is 0 Å². The van der Waals surface area contributed by atoms with E-state index < -0.39 is 0 Å². The van der Waals surface area contributed by atoms with Crippen LogP contribution in [0.3, 0.4) is 0 Å². The molecule has 2 rings (SSSR count). The number of benzene rings is 1. The van der Waals surface area contributed by atoms with Gasteiger partial charge in [-0.1, -0.05) is 53.7 Å². The Hall–Kier alpha value is -1.20. The van der Waals surface area contributed by atoms with Crippen LogP contribution in [0.5, 0.6) is 5.75 Å². The third kappa shape index (κ3) is 4.80. The second-order valence-electron chi connectivity index (χ2n) is 9.92. The Morgan fingerprint density at radius 1 is 1.15 bits per heavy atom. The summed E-state index contributed by atoms with van der Waals surface area (Å²) in [6.07, 6.45) is 0.778. The molecule has 0 bridgehead atoms. The summed E-state index contributed by atoms with van der Waals surface area (Å²) in [6.45, 7) is 17.0. The van der Waals surface area contributed by atoms with Crippen LogP contribution in [0.1, 0.15) is 72.1 Å². The van der Waals surface area contributed by atoms with Gasteiger partial charge < -0.3 is 5.11 Å². The molecular weight excluding hydrogens is 356 g/mol. The van der Waals surface area contributed by atoms with E-state index in [1.54, 1.807) is 11.8 Å². The summed E-state index contributed by atoms with van der Waals surface area (Å²) in [7, 11) is 1.99. The number of carbonyl (C=O) groups is 1. The number of carbonyl (C=O) groups excluding carboxylic acids is 1. The molecule has 1 heterocycles. The lowest BCUT2D eigenvalue weighted by atomic mass is 9.78. The smallest absolute Gasteiger partial charge is 0.248 e. The summed E-state index contributed by atoms with van der Waals surface area (Å²) in [5.41, 5.74) is 2.84. The van der Waals surface area contributed by atoms with Crippen molar-refractivity contribution in [2.45, 2.75) is 84.1 Å². The van der Waals surface area contributed by atoms with Gasteiger partial charge in [0.05, 0.1) is 11.1 Å². The van der Waals surface area contributed by atoms with E-state index in [-0.39, 0.29) is 28.2 Å². The summed E-state index contributed by atoms with van der Waals surface area (Å²) in [6, 6.07) is 4.52. The highest BCUT2D eigenvalue weighted by atomic mass is 32.2. The van der Waals surface area contributed by atoms with Crippen LogP contribution >= 0.6 is 11.8 Å². The SMILES string of the molecule is CC(C)N(C)N1C(=O)CSC1Cc1cc(C(C)(C)C)c(O)c(C(C)(C)C)c1. The van der Waals surface area contributed by atoms with Crippen LogP contribution < -0.4 is 0 Å². The zero-order valence-electron chi connectivity index (χ0n) is 18.4. The standard InChI is InChI=1S/C22H36N2O2S/c1-14(2)23(9)24-18(25)13-27-19(24)12-15-10-16(21(3,4)5)20(26)17(11-15)22(6,7)8/h10-11,14,19,26H,12-13H2,1-9H3. The van der Waals surface area contributed by atoms with Crippen molar-refractivity contribution < 1.29 is 9.90 Å². The molecule has 0 aromatic heterocycles. The number of thioether (sulfide) groups is 1. The molecule has 1 amide bonds. The van der Waals surface area contributed by atoms with E-state index in [4.69, 9.17) is 0 Å². The van der Waals surface area contributed by atoms with Crippen molar-refractivity contribution in [1.29, 1.82) is 0 Å². The lowest BCUT2D eigenvalue weighted by Gasteiger charge is -2.36. The second kappa shape index (κ2) is 7.67.